The van der Waals surface area contributed by atoms with Gasteiger partial charge in [0, 0.05) is 18.8 Å². The lowest BCUT2D eigenvalue weighted by Crippen LogP contribution is -2.27. The van der Waals surface area contributed by atoms with Gasteiger partial charge in [-0.05, 0) is 32.0 Å². The van der Waals surface area contributed by atoms with Crippen molar-refractivity contribution in [2.24, 2.45) is 0 Å². The van der Waals surface area contributed by atoms with Crippen molar-refractivity contribution in [2.75, 3.05) is 13.7 Å². The molecule has 0 radical (unpaired) electrons. The lowest BCUT2D eigenvalue weighted by atomic mass is 10.2. The van der Waals surface area contributed by atoms with E-state index in [9.17, 15) is 9.18 Å². The highest BCUT2D eigenvalue weighted by Crippen LogP contribution is 2.18. The van der Waals surface area contributed by atoms with Crippen LogP contribution in [0.25, 0.3) is 0 Å². The van der Waals surface area contributed by atoms with Gasteiger partial charge in [-0.2, -0.15) is 0 Å². The molecule has 0 saturated heterocycles. The van der Waals surface area contributed by atoms with Gasteiger partial charge in [0.15, 0.2) is 0 Å². The number of amides is 1. The number of aryl methyl sites for hydroxylation is 1. The van der Waals surface area contributed by atoms with Gasteiger partial charge in [0.05, 0.1) is 24.7 Å². The number of benzene rings is 1. The van der Waals surface area contributed by atoms with Crippen LogP contribution in [0.4, 0.5) is 4.39 Å². The molecule has 1 N–H and O–H groups in total. The number of halogens is 1. The number of imidazole rings is 1. The molecule has 0 aliphatic carbocycles. The number of hydrogen-bond donors (Lipinski definition) is 1. The van der Waals surface area contributed by atoms with Gasteiger partial charge in [-0.3, -0.25) is 4.79 Å². The molecule has 0 bridgehead atoms. The smallest absolute Gasteiger partial charge is 0.255 e. The van der Waals surface area contributed by atoms with Crippen LogP contribution in [0, 0.1) is 19.7 Å². The van der Waals surface area contributed by atoms with Crippen LogP contribution < -0.4 is 10.1 Å². The number of aromatic nitrogens is 2. The zero-order valence-corrected chi connectivity index (χ0v) is 12.3. The number of carbonyl (C=O) groups is 1. The standard InChI is InChI=1S/C15H18FN3O2/c1-10-11(2)19(9-18-10)7-6-17-15(20)13-8-12(16)4-5-14(13)21-3/h4-5,8-9H,6-7H2,1-3H3,(H,17,20). The number of rotatable bonds is 5. The van der Waals surface area contributed by atoms with E-state index < -0.39 is 5.82 Å². The van der Waals surface area contributed by atoms with E-state index in [2.05, 4.69) is 10.3 Å². The molecule has 0 unspecified atom stereocenters. The van der Waals surface area contributed by atoms with E-state index >= 15 is 0 Å². The Balaban J connectivity index is 1.99. The van der Waals surface area contributed by atoms with E-state index in [0.717, 1.165) is 11.4 Å². The number of ether oxygens (including phenoxy) is 1. The maximum Gasteiger partial charge on any atom is 0.255 e. The van der Waals surface area contributed by atoms with Crippen LogP contribution in [0.15, 0.2) is 24.5 Å². The number of carbonyl (C=O) groups excluding carboxylic acids is 1. The number of nitrogens with zero attached hydrogens (tertiary/aromatic N) is 2. The highest BCUT2D eigenvalue weighted by atomic mass is 19.1. The SMILES string of the molecule is COc1ccc(F)cc1C(=O)NCCn1cnc(C)c1C. The molecule has 0 spiro atoms. The summed E-state index contributed by atoms with van der Waals surface area (Å²) in [7, 11) is 1.45. The molecule has 112 valence electrons. The molecule has 0 atom stereocenters. The first-order chi connectivity index (χ1) is 10.0. The molecule has 1 amide bonds. The first kappa shape index (κ1) is 15.0. The minimum absolute atomic E-state index is 0.191. The minimum atomic E-state index is -0.470. The highest BCUT2D eigenvalue weighted by molar-refractivity contribution is 5.96. The van der Waals surface area contributed by atoms with Crippen molar-refractivity contribution in [3.63, 3.8) is 0 Å². The Morgan fingerprint density at radius 2 is 2.19 bits per heavy atom. The molecule has 1 heterocycles. The molecule has 5 nitrogen and oxygen atoms in total. The summed E-state index contributed by atoms with van der Waals surface area (Å²) in [6, 6.07) is 3.86. The Labute approximate surface area is 122 Å². The van der Waals surface area contributed by atoms with Gasteiger partial charge >= 0.3 is 0 Å². The van der Waals surface area contributed by atoms with Crippen LogP contribution in [0.2, 0.25) is 0 Å². The van der Waals surface area contributed by atoms with Crippen molar-refractivity contribution in [3.05, 3.63) is 47.3 Å². The fourth-order valence-electron chi connectivity index (χ4n) is 2.01. The molecule has 6 heteroatoms. The van der Waals surface area contributed by atoms with Crippen molar-refractivity contribution in [2.45, 2.75) is 20.4 Å². The summed E-state index contributed by atoms with van der Waals surface area (Å²) in [5.41, 5.74) is 2.22. The van der Waals surface area contributed by atoms with Crippen molar-refractivity contribution in [1.29, 1.82) is 0 Å². The molecule has 0 aliphatic heterocycles. The molecule has 21 heavy (non-hydrogen) atoms. The largest absolute Gasteiger partial charge is 0.496 e. The lowest BCUT2D eigenvalue weighted by Gasteiger charge is -2.10. The predicted molar refractivity (Wildman–Crippen MR) is 77.0 cm³/mol. The third-order valence-corrected chi connectivity index (χ3v) is 3.39. The molecule has 0 fully saturated rings. The average Bonchev–Trinajstić information content (AvgIpc) is 2.79. The first-order valence-corrected chi connectivity index (χ1v) is 6.63. The normalized spacial score (nSPS) is 10.5. The van der Waals surface area contributed by atoms with Gasteiger partial charge in [0.25, 0.3) is 5.91 Å². The average molecular weight is 291 g/mol. The molecule has 2 rings (SSSR count). The second-order valence-corrected chi connectivity index (χ2v) is 4.71. The van der Waals surface area contributed by atoms with Crippen LogP contribution in [0.5, 0.6) is 5.75 Å². The highest BCUT2D eigenvalue weighted by Gasteiger charge is 2.13. The topological polar surface area (TPSA) is 56.1 Å². The third kappa shape index (κ3) is 3.39. The van der Waals surface area contributed by atoms with Gasteiger partial charge < -0.3 is 14.6 Å². The van der Waals surface area contributed by atoms with Gasteiger partial charge in [-0.15, -0.1) is 0 Å². The van der Waals surface area contributed by atoms with E-state index in [1.54, 1.807) is 6.33 Å². The maximum absolute atomic E-state index is 13.2. The Morgan fingerprint density at radius 1 is 1.43 bits per heavy atom. The molecule has 0 aliphatic rings. The first-order valence-electron chi connectivity index (χ1n) is 6.63. The van der Waals surface area contributed by atoms with Crippen molar-refractivity contribution >= 4 is 5.91 Å². The third-order valence-electron chi connectivity index (χ3n) is 3.39. The van der Waals surface area contributed by atoms with Crippen LogP contribution in [0.1, 0.15) is 21.7 Å². The van der Waals surface area contributed by atoms with Crippen LogP contribution in [0.3, 0.4) is 0 Å². The van der Waals surface area contributed by atoms with E-state index in [-0.39, 0.29) is 11.5 Å². The van der Waals surface area contributed by atoms with E-state index in [0.29, 0.717) is 18.8 Å². The summed E-state index contributed by atoms with van der Waals surface area (Å²) < 4.78 is 20.3. The van der Waals surface area contributed by atoms with Crippen LogP contribution in [-0.2, 0) is 6.54 Å². The molecule has 2 aromatic rings. The van der Waals surface area contributed by atoms with Crippen LogP contribution in [-0.4, -0.2) is 29.1 Å². The summed E-state index contributed by atoms with van der Waals surface area (Å²) in [5, 5.41) is 2.75. The lowest BCUT2D eigenvalue weighted by molar-refractivity contribution is 0.0948. The van der Waals surface area contributed by atoms with E-state index in [1.165, 1.54) is 25.3 Å². The second kappa shape index (κ2) is 6.39. The molecule has 0 saturated carbocycles. The maximum atomic E-state index is 13.2. The monoisotopic (exact) mass is 291 g/mol. The number of nitrogens with one attached hydrogen (secondary N) is 1. The number of methoxy groups -OCH3 is 1. The molecule has 1 aromatic heterocycles. The summed E-state index contributed by atoms with van der Waals surface area (Å²) in [6.45, 7) is 4.94. The Kier molecular flexibility index (Phi) is 4.57. The quantitative estimate of drug-likeness (QED) is 0.917. The summed E-state index contributed by atoms with van der Waals surface area (Å²) >= 11 is 0. The summed E-state index contributed by atoms with van der Waals surface area (Å²) in [6.07, 6.45) is 1.74. The Hall–Kier alpha value is -2.37. The van der Waals surface area contributed by atoms with Gasteiger partial charge in [-0.1, -0.05) is 0 Å². The Bertz CT molecular complexity index is 652. The van der Waals surface area contributed by atoms with Crippen LogP contribution >= 0.6 is 0 Å². The molecule has 1 aromatic carbocycles. The van der Waals surface area contributed by atoms with Crippen molar-refractivity contribution in [3.8, 4) is 5.75 Å². The fraction of sp³-hybridized carbons (Fsp3) is 0.333. The van der Waals surface area contributed by atoms with Gasteiger partial charge in [-0.25, -0.2) is 9.37 Å². The molecular formula is C15H18FN3O2. The zero-order chi connectivity index (χ0) is 15.4. The van der Waals surface area contributed by atoms with Crippen molar-refractivity contribution < 1.29 is 13.9 Å². The summed E-state index contributed by atoms with van der Waals surface area (Å²) in [5.74, 6) is -0.480. The fourth-order valence-corrected chi connectivity index (χ4v) is 2.01. The Morgan fingerprint density at radius 3 is 2.81 bits per heavy atom. The molecular weight excluding hydrogens is 273 g/mol. The number of hydrogen-bond acceptors (Lipinski definition) is 3. The zero-order valence-electron chi connectivity index (χ0n) is 12.3. The van der Waals surface area contributed by atoms with Crippen molar-refractivity contribution in [1.82, 2.24) is 14.9 Å². The predicted octanol–water partition coefficient (Wildman–Crippen LogP) is 2.08. The summed E-state index contributed by atoms with van der Waals surface area (Å²) in [4.78, 5) is 16.3. The van der Waals surface area contributed by atoms with E-state index in [1.807, 2.05) is 18.4 Å². The minimum Gasteiger partial charge on any atom is -0.496 e. The van der Waals surface area contributed by atoms with E-state index in [4.69, 9.17) is 4.74 Å². The van der Waals surface area contributed by atoms with Gasteiger partial charge in [0.2, 0.25) is 0 Å². The van der Waals surface area contributed by atoms with Gasteiger partial charge in [0.1, 0.15) is 11.6 Å². The second-order valence-electron chi connectivity index (χ2n) is 4.71.